The maximum absolute atomic E-state index is 12.1. The molecule has 3 rings (SSSR count). The van der Waals surface area contributed by atoms with E-state index < -0.39 is 5.97 Å². The Bertz CT molecular complexity index is 943. The van der Waals surface area contributed by atoms with Gasteiger partial charge < -0.3 is 14.8 Å². The van der Waals surface area contributed by atoms with Crippen molar-refractivity contribution in [1.29, 1.82) is 0 Å². The summed E-state index contributed by atoms with van der Waals surface area (Å²) in [5.74, 6) is 0.976. The summed E-state index contributed by atoms with van der Waals surface area (Å²) >= 11 is 8.35. The molecule has 1 aromatic carbocycles. The molecule has 0 amide bonds. The largest absolute Gasteiger partial charge is 0.497 e. The Hall–Kier alpha value is -2.07. The lowest BCUT2D eigenvalue weighted by molar-refractivity contribution is 0.0528. The highest BCUT2D eigenvalue weighted by molar-refractivity contribution is 14.1. The van der Waals surface area contributed by atoms with E-state index in [0.29, 0.717) is 26.7 Å². The number of hydrogen-bond donors (Lipinski definition) is 1. The molecule has 9 heteroatoms. The van der Waals surface area contributed by atoms with E-state index in [9.17, 15) is 4.79 Å². The lowest BCUT2D eigenvalue weighted by atomic mass is 10.2. The van der Waals surface area contributed by atoms with Crippen LogP contribution in [-0.4, -0.2) is 34.3 Å². The van der Waals surface area contributed by atoms with Gasteiger partial charge in [-0.15, -0.1) is 0 Å². The molecule has 3 aromatic rings. The van der Waals surface area contributed by atoms with Crippen LogP contribution in [0.4, 0.5) is 5.82 Å². The molecule has 136 valence electrons. The number of hydrogen-bond acceptors (Lipinski definition) is 6. The number of aromatic nitrogens is 3. The van der Waals surface area contributed by atoms with Crippen LogP contribution in [0.5, 0.6) is 5.75 Å². The number of rotatable bonds is 6. The zero-order valence-corrected chi connectivity index (χ0v) is 17.0. The minimum absolute atomic E-state index is 0.275. The predicted octanol–water partition coefficient (Wildman–Crippen LogP) is 3.78. The first kappa shape index (κ1) is 18.7. The van der Waals surface area contributed by atoms with Gasteiger partial charge in [0.25, 0.3) is 0 Å². The van der Waals surface area contributed by atoms with Crippen molar-refractivity contribution in [2.45, 2.75) is 13.5 Å². The highest BCUT2D eigenvalue weighted by atomic mass is 127. The van der Waals surface area contributed by atoms with Crippen LogP contribution in [0.2, 0.25) is 5.15 Å². The van der Waals surface area contributed by atoms with E-state index in [-0.39, 0.29) is 12.2 Å². The second kappa shape index (κ2) is 8.09. The van der Waals surface area contributed by atoms with E-state index in [1.807, 2.05) is 24.3 Å². The van der Waals surface area contributed by atoms with Gasteiger partial charge in [0.15, 0.2) is 5.65 Å². The highest BCUT2D eigenvalue weighted by Crippen LogP contribution is 2.28. The van der Waals surface area contributed by atoms with Gasteiger partial charge in [0, 0.05) is 6.54 Å². The normalized spacial score (nSPS) is 10.8. The van der Waals surface area contributed by atoms with Gasteiger partial charge in [0.2, 0.25) is 0 Å². The first-order valence-electron chi connectivity index (χ1n) is 7.81. The quantitative estimate of drug-likeness (QED) is 0.325. The van der Waals surface area contributed by atoms with Crippen LogP contribution in [0.25, 0.3) is 5.65 Å². The first-order chi connectivity index (χ1) is 12.5. The molecule has 0 bridgehead atoms. The summed E-state index contributed by atoms with van der Waals surface area (Å²) in [6.07, 6.45) is 1.44. The van der Waals surface area contributed by atoms with Crippen LogP contribution in [0.1, 0.15) is 22.8 Å². The molecule has 2 aromatic heterocycles. The van der Waals surface area contributed by atoms with Gasteiger partial charge in [-0.2, -0.15) is 9.61 Å². The molecule has 0 aliphatic rings. The number of halogens is 2. The van der Waals surface area contributed by atoms with E-state index in [0.717, 1.165) is 11.3 Å². The standard InChI is InChI=1S/C17H16ClIN4O3/c1-3-26-17(24)12-9-21-23-15(12)22-14(18)13(19)16(23)20-8-10-4-6-11(25-2)7-5-10/h4-7,9,20H,3,8H2,1-2H3. The van der Waals surface area contributed by atoms with Crippen molar-refractivity contribution in [3.8, 4) is 5.75 Å². The number of nitrogens with one attached hydrogen (secondary N) is 1. The zero-order valence-electron chi connectivity index (χ0n) is 14.1. The Labute approximate surface area is 168 Å². The molecule has 0 saturated carbocycles. The molecule has 26 heavy (non-hydrogen) atoms. The number of ether oxygens (including phenoxy) is 2. The number of methoxy groups -OCH3 is 1. The molecule has 0 aliphatic carbocycles. The number of benzene rings is 1. The third-order valence-corrected chi connectivity index (χ3v) is 5.28. The maximum Gasteiger partial charge on any atom is 0.343 e. The second-order valence-corrected chi connectivity index (χ2v) is 6.72. The molecule has 7 nitrogen and oxygen atoms in total. The molecular formula is C17H16ClIN4O3. The van der Waals surface area contributed by atoms with Crippen molar-refractivity contribution in [2.75, 3.05) is 19.0 Å². The van der Waals surface area contributed by atoms with Gasteiger partial charge in [-0.05, 0) is 47.2 Å². The number of carbonyl (C=O) groups excluding carboxylic acids is 1. The molecule has 2 heterocycles. The van der Waals surface area contributed by atoms with Crippen LogP contribution in [0, 0.1) is 3.57 Å². The van der Waals surface area contributed by atoms with Gasteiger partial charge in [-0.1, -0.05) is 23.7 Å². The van der Waals surface area contributed by atoms with Crippen molar-refractivity contribution in [2.24, 2.45) is 0 Å². The number of anilines is 1. The average Bonchev–Trinajstić information content (AvgIpc) is 3.06. The van der Waals surface area contributed by atoms with E-state index in [4.69, 9.17) is 21.1 Å². The number of fused-ring (bicyclic) bond motifs is 1. The van der Waals surface area contributed by atoms with Gasteiger partial charge in [0.05, 0.1) is 23.5 Å². The van der Waals surface area contributed by atoms with E-state index >= 15 is 0 Å². The number of nitrogens with zero attached hydrogens (tertiary/aromatic N) is 3. The average molecular weight is 487 g/mol. The summed E-state index contributed by atoms with van der Waals surface area (Å²) in [6.45, 7) is 2.57. The monoisotopic (exact) mass is 486 g/mol. The van der Waals surface area contributed by atoms with Crippen LogP contribution in [0.3, 0.4) is 0 Å². The third kappa shape index (κ3) is 3.70. The zero-order chi connectivity index (χ0) is 18.7. The molecule has 0 fully saturated rings. The third-order valence-electron chi connectivity index (χ3n) is 3.66. The first-order valence-corrected chi connectivity index (χ1v) is 9.27. The molecule has 0 unspecified atom stereocenters. The molecular weight excluding hydrogens is 471 g/mol. The number of esters is 1. The van der Waals surface area contributed by atoms with Crippen LogP contribution >= 0.6 is 34.2 Å². The fraction of sp³-hybridized carbons (Fsp3) is 0.235. The van der Waals surface area contributed by atoms with Crippen molar-refractivity contribution in [1.82, 2.24) is 14.6 Å². The van der Waals surface area contributed by atoms with E-state index in [2.05, 4.69) is 38.0 Å². The lowest BCUT2D eigenvalue weighted by Gasteiger charge is -2.12. The van der Waals surface area contributed by atoms with Gasteiger partial charge >= 0.3 is 5.97 Å². The fourth-order valence-corrected chi connectivity index (χ4v) is 3.09. The van der Waals surface area contributed by atoms with Gasteiger partial charge in [0.1, 0.15) is 22.3 Å². The lowest BCUT2D eigenvalue weighted by Crippen LogP contribution is -2.10. The second-order valence-electron chi connectivity index (χ2n) is 5.28. The van der Waals surface area contributed by atoms with Crippen molar-refractivity contribution in [3.05, 3.63) is 50.3 Å². The predicted molar refractivity (Wildman–Crippen MR) is 107 cm³/mol. The Balaban J connectivity index is 1.93. The topological polar surface area (TPSA) is 77.8 Å². The Morgan fingerprint density at radius 2 is 2.08 bits per heavy atom. The fourth-order valence-electron chi connectivity index (χ4n) is 2.38. The van der Waals surface area contributed by atoms with Crippen molar-refractivity contribution < 1.29 is 14.3 Å². The maximum atomic E-state index is 12.1. The van der Waals surface area contributed by atoms with E-state index in [1.54, 1.807) is 18.5 Å². The summed E-state index contributed by atoms with van der Waals surface area (Å²) < 4.78 is 12.5. The smallest absolute Gasteiger partial charge is 0.343 e. The Morgan fingerprint density at radius 3 is 2.73 bits per heavy atom. The highest BCUT2D eigenvalue weighted by Gasteiger charge is 2.20. The minimum atomic E-state index is -0.478. The molecule has 1 N–H and O–H groups in total. The summed E-state index contributed by atoms with van der Waals surface area (Å²) in [5.41, 5.74) is 1.68. The number of carbonyl (C=O) groups is 1. The molecule has 0 aliphatic heterocycles. The molecule has 0 spiro atoms. The van der Waals surface area contributed by atoms with Gasteiger partial charge in [-0.25, -0.2) is 9.78 Å². The summed E-state index contributed by atoms with van der Waals surface area (Å²) in [4.78, 5) is 16.4. The van der Waals surface area contributed by atoms with Crippen molar-refractivity contribution in [3.63, 3.8) is 0 Å². The SMILES string of the molecule is CCOC(=O)c1cnn2c(NCc3ccc(OC)cc3)c(I)c(Cl)nc12. The summed E-state index contributed by atoms with van der Waals surface area (Å²) in [5, 5.41) is 7.87. The minimum Gasteiger partial charge on any atom is -0.497 e. The Morgan fingerprint density at radius 1 is 1.35 bits per heavy atom. The van der Waals surface area contributed by atoms with Crippen molar-refractivity contribution >= 4 is 51.6 Å². The molecule has 0 radical (unpaired) electrons. The summed E-state index contributed by atoms with van der Waals surface area (Å²) in [7, 11) is 1.63. The van der Waals surface area contributed by atoms with E-state index in [1.165, 1.54) is 6.20 Å². The molecule has 0 atom stereocenters. The Kier molecular flexibility index (Phi) is 5.82. The van der Waals surface area contributed by atoms with Crippen LogP contribution in [-0.2, 0) is 11.3 Å². The molecule has 0 saturated heterocycles. The van der Waals surface area contributed by atoms with Crippen LogP contribution in [0.15, 0.2) is 30.5 Å². The van der Waals surface area contributed by atoms with Crippen LogP contribution < -0.4 is 10.1 Å². The summed E-state index contributed by atoms with van der Waals surface area (Å²) in [6, 6.07) is 7.71. The van der Waals surface area contributed by atoms with Gasteiger partial charge in [-0.3, -0.25) is 0 Å².